The number of carbonyl (C=O) groups excluding carboxylic acids is 1. The normalized spacial score (nSPS) is 14.8. The molecule has 1 amide bonds. The van der Waals surface area contributed by atoms with E-state index >= 15 is 0 Å². The molecule has 0 bridgehead atoms. The molecular weight excluding hydrogens is 436 g/mol. The van der Waals surface area contributed by atoms with E-state index in [1.165, 1.54) is 10.5 Å². The van der Waals surface area contributed by atoms with Gasteiger partial charge in [0.25, 0.3) is 5.91 Å². The molecule has 156 valence electrons. The van der Waals surface area contributed by atoms with Gasteiger partial charge in [0.2, 0.25) is 10.0 Å². The number of amides is 1. The molecule has 9 heteroatoms. The summed E-state index contributed by atoms with van der Waals surface area (Å²) in [6.07, 6.45) is 2.13. The Labute approximate surface area is 185 Å². The first kappa shape index (κ1) is 20.8. The maximum atomic E-state index is 12.7. The van der Waals surface area contributed by atoms with Crippen LogP contribution in [0.15, 0.2) is 60.8 Å². The van der Waals surface area contributed by atoms with Gasteiger partial charge in [0.05, 0.1) is 28.7 Å². The number of sulfonamides is 1. The fourth-order valence-electron chi connectivity index (χ4n) is 3.35. The van der Waals surface area contributed by atoms with Gasteiger partial charge in [-0.2, -0.15) is 0 Å². The zero-order valence-corrected chi connectivity index (χ0v) is 17.8. The maximum absolute atomic E-state index is 12.7. The van der Waals surface area contributed by atoms with Gasteiger partial charge in [-0.3, -0.25) is 14.1 Å². The summed E-state index contributed by atoms with van der Waals surface area (Å²) >= 11 is 6.30. The smallest absolute Gasteiger partial charge is 0.255 e. The monoisotopic (exact) mass is 452 g/mol. The minimum atomic E-state index is -3.27. The van der Waals surface area contributed by atoms with Crippen molar-refractivity contribution in [1.29, 1.82) is 0 Å². The first-order chi connectivity index (χ1) is 14.9. The van der Waals surface area contributed by atoms with Gasteiger partial charge in [-0.1, -0.05) is 11.6 Å². The van der Waals surface area contributed by atoms with Gasteiger partial charge >= 0.3 is 0 Å². The van der Waals surface area contributed by atoms with E-state index in [-0.39, 0.29) is 11.7 Å². The topological polar surface area (TPSA) is 83.7 Å². The van der Waals surface area contributed by atoms with Crippen molar-refractivity contribution in [2.75, 3.05) is 21.9 Å². The molecule has 2 heterocycles. The van der Waals surface area contributed by atoms with Crippen molar-refractivity contribution in [3.8, 4) is 11.3 Å². The fraction of sp³-hybridized carbons (Fsp3) is 0.136. The van der Waals surface area contributed by atoms with E-state index in [0.717, 1.165) is 0 Å². The predicted octanol–water partition coefficient (Wildman–Crippen LogP) is 4.74. The molecule has 2 aromatic carbocycles. The van der Waals surface area contributed by atoms with E-state index in [9.17, 15) is 13.2 Å². The van der Waals surface area contributed by atoms with Crippen molar-refractivity contribution >= 4 is 44.6 Å². The lowest BCUT2D eigenvalue weighted by Crippen LogP contribution is -2.25. The Hall–Kier alpha value is -3.41. The van der Waals surface area contributed by atoms with Crippen LogP contribution < -0.4 is 9.62 Å². The molecule has 0 spiro atoms. The molecule has 0 atom stereocenters. The second kappa shape index (κ2) is 8.38. The summed E-state index contributed by atoms with van der Waals surface area (Å²) in [5.74, 6) is -0.200. The first-order valence-corrected chi connectivity index (χ1v) is 11.4. The van der Waals surface area contributed by atoms with E-state index in [1.807, 2.05) is 0 Å². The number of nitrogens with zero attached hydrogens (tertiary/aromatic N) is 3. The highest BCUT2D eigenvalue weighted by Gasteiger charge is 2.28. The van der Waals surface area contributed by atoms with Crippen LogP contribution >= 0.6 is 11.6 Å². The van der Waals surface area contributed by atoms with Crippen molar-refractivity contribution in [3.05, 3.63) is 82.8 Å². The minimum Gasteiger partial charge on any atom is -0.322 e. The second-order valence-corrected chi connectivity index (χ2v) is 9.37. The average molecular weight is 453 g/mol. The van der Waals surface area contributed by atoms with E-state index in [0.29, 0.717) is 51.9 Å². The van der Waals surface area contributed by atoms with Gasteiger partial charge in [0.15, 0.2) is 5.69 Å². The second-order valence-electron chi connectivity index (χ2n) is 6.95. The van der Waals surface area contributed by atoms with Crippen LogP contribution in [0.25, 0.3) is 16.1 Å². The summed E-state index contributed by atoms with van der Waals surface area (Å²) in [4.78, 5) is 20.3. The number of aromatic nitrogens is 1. The third-order valence-corrected chi connectivity index (χ3v) is 7.09. The van der Waals surface area contributed by atoms with Gasteiger partial charge < -0.3 is 5.32 Å². The third-order valence-electron chi connectivity index (χ3n) is 4.89. The summed E-state index contributed by atoms with van der Waals surface area (Å²) in [6.45, 7) is 7.60. The molecule has 1 fully saturated rings. The molecule has 1 aliphatic rings. The van der Waals surface area contributed by atoms with Crippen LogP contribution in [0.4, 0.5) is 17.1 Å². The van der Waals surface area contributed by atoms with E-state index in [4.69, 9.17) is 18.2 Å². The highest BCUT2D eigenvalue weighted by atomic mass is 35.5. The summed E-state index contributed by atoms with van der Waals surface area (Å²) < 4.78 is 25.5. The molecule has 0 aliphatic carbocycles. The van der Waals surface area contributed by atoms with Crippen LogP contribution in [0.5, 0.6) is 0 Å². The Bertz CT molecular complexity index is 1300. The van der Waals surface area contributed by atoms with Crippen LogP contribution in [0, 0.1) is 6.57 Å². The molecular formula is C22H17ClN4O3S. The molecule has 3 aromatic rings. The molecule has 4 rings (SSSR count). The van der Waals surface area contributed by atoms with Gasteiger partial charge in [-0.05, 0) is 61.0 Å². The summed E-state index contributed by atoms with van der Waals surface area (Å²) in [6, 6.07) is 14.7. The lowest BCUT2D eigenvalue weighted by atomic mass is 10.1. The van der Waals surface area contributed by atoms with Crippen LogP contribution in [-0.2, 0) is 10.0 Å². The lowest BCUT2D eigenvalue weighted by Gasteiger charge is -2.17. The van der Waals surface area contributed by atoms with Crippen molar-refractivity contribution in [2.24, 2.45) is 0 Å². The summed E-state index contributed by atoms with van der Waals surface area (Å²) in [5, 5.41) is 3.26. The molecule has 31 heavy (non-hydrogen) atoms. The number of pyridine rings is 1. The largest absolute Gasteiger partial charge is 0.322 e. The Balaban J connectivity index is 1.54. The van der Waals surface area contributed by atoms with Crippen LogP contribution in [0.2, 0.25) is 5.02 Å². The van der Waals surface area contributed by atoms with Crippen molar-refractivity contribution < 1.29 is 13.2 Å². The number of hydrogen-bond donors (Lipinski definition) is 1. The first-order valence-electron chi connectivity index (χ1n) is 9.43. The van der Waals surface area contributed by atoms with Gasteiger partial charge in [0, 0.05) is 29.6 Å². The third kappa shape index (κ3) is 4.38. The van der Waals surface area contributed by atoms with Gasteiger partial charge in [-0.25, -0.2) is 13.3 Å². The van der Waals surface area contributed by atoms with E-state index in [2.05, 4.69) is 15.1 Å². The summed E-state index contributed by atoms with van der Waals surface area (Å²) in [7, 11) is -3.27. The van der Waals surface area contributed by atoms with Gasteiger partial charge in [-0.15, -0.1) is 0 Å². The standard InChI is InChI=1S/C22H17ClN4O3S/c1-24-16-9-10-25-21(14-16)19-13-17(5-8-20(19)23)26-22(28)15-3-6-18(7-4-15)27-11-2-12-31(27,29)30/h3-10,13-14H,2,11-12H2,(H,26,28). The van der Waals surface area contributed by atoms with Crippen molar-refractivity contribution in [2.45, 2.75) is 6.42 Å². The average Bonchev–Trinajstić information content (AvgIpc) is 3.14. The van der Waals surface area contributed by atoms with E-state index < -0.39 is 10.0 Å². The zero-order valence-electron chi connectivity index (χ0n) is 16.2. The number of hydrogen-bond acceptors (Lipinski definition) is 4. The minimum absolute atomic E-state index is 0.141. The Morgan fingerprint density at radius 3 is 2.58 bits per heavy atom. The number of nitrogens with one attached hydrogen (secondary N) is 1. The van der Waals surface area contributed by atoms with Crippen molar-refractivity contribution in [1.82, 2.24) is 4.98 Å². The molecule has 0 saturated carbocycles. The number of halogens is 1. The number of carbonyl (C=O) groups is 1. The van der Waals surface area contributed by atoms with Crippen molar-refractivity contribution in [3.63, 3.8) is 0 Å². The number of anilines is 2. The number of rotatable bonds is 4. The molecule has 1 aromatic heterocycles. The highest BCUT2D eigenvalue weighted by Crippen LogP contribution is 2.31. The summed E-state index contributed by atoms with van der Waals surface area (Å²) in [5.41, 5.74) is 3.03. The Morgan fingerprint density at radius 1 is 1.13 bits per heavy atom. The maximum Gasteiger partial charge on any atom is 0.255 e. The molecule has 7 nitrogen and oxygen atoms in total. The van der Waals surface area contributed by atoms with Gasteiger partial charge in [0.1, 0.15) is 0 Å². The van der Waals surface area contributed by atoms with Crippen LogP contribution in [0.1, 0.15) is 16.8 Å². The number of benzene rings is 2. The van der Waals surface area contributed by atoms with E-state index in [1.54, 1.807) is 54.6 Å². The zero-order chi connectivity index (χ0) is 22.0. The molecule has 1 aliphatic heterocycles. The fourth-order valence-corrected chi connectivity index (χ4v) is 5.13. The molecule has 1 N–H and O–H groups in total. The molecule has 1 saturated heterocycles. The molecule has 0 radical (unpaired) electrons. The predicted molar refractivity (Wildman–Crippen MR) is 121 cm³/mol. The SMILES string of the molecule is [C-]#[N+]c1ccnc(-c2cc(NC(=O)c3ccc(N4CCCS4(=O)=O)cc3)ccc2Cl)c1. The highest BCUT2D eigenvalue weighted by molar-refractivity contribution is 7.93. The molecule has 0 unspecified atom stereocenters. The Morgan fingerprint density at radius 2 is 1.90 bits per heavy atom. The lowest BCUT2D eigenvalue weighted by molar-refractivity contribution is 0.102. The van der Waals surface area contributed by atoms with Crippen LogP contribution in [0.3, 0.4) is 0 Å². The van der Waals surface area contributed by atoms with Crippen LogP contribution in [-0.4, -0.2) is 31.6 Å². The Kier molecular flexibility index (Phi) is 5.63. The quantitative estimate of drug-likeness (QED) is 0.579.